The van der Waals surface area contributed by atoms with Gasteiger partial charge in [0.25, 0.3) is 0 Å². The number of amides is 1. The monoisotopic (exact) mass is 422 g/mol. The lowest BCUT2D eigenvalue weighted by Crippen LogP contribution is -2.44. The van der Waals surface area contributed by atoms with Crippen molar-refractivity contribution in [3.8, 4) is 11.8 Å². The van der Waals surface area contributed by atoms with Gasteiger partial charge in [-0.25, -0.2) is 4.68 Å². The number of aromatic nitrogens is 3. The Bertz CT molecular complexity index is 957. The highest BCUT2D eigenvalue weighted by molar-refractivity contribution is 5.80. The van der Waals surface area contributed by atoms with Gasteiger partial charge in [-0.3, -0.25) is 9.78 Å². The Morgan fingerprint density at radius 1 is 1.26 bits per heavy atom. The van der Waals surface area contributed by atoms with E-state index in [0.29, 0.717) is 13.0 Å². The van der Waals surface area contributed by atoms with Crippen molar-refractivity contribution in [1.82, 2.24) is 19.7 Å². The fourth-order valence-corrected chi connectivity index (χ4v) is 4.61. The maximum Gasteiger partial charge on any atom is 0.226 e. The molecule has 2 aliphatic rings. The molecule has 0 aliphatic carbocycles. The minimum absolute atomic E-state index is 0.0517. The summed E-state index contributed by atoms with van der Waals surface area (Å²) in [4.78, 5) is 21.5. The SMILES string of the molecule is Cc1cnn(-c2ccncc2N2CCC(C(=O)N3C[C@@H](OC(C)C)C[C@@H]3C#N)CC2)c1. The second-order valence-corrected chi connectivity index (χ2v) is 8.77. The zero-order valence-corrected chi connectivity index (χ0v) is 18.4. The topological polar surface area (TPSA) is 87.3 Å². The highest BCUT2D eigenvalue weighted by Gasteiger charge is 2.39. The van der Waals surface area contributed by atoms with Gasteiger partial charge >= 0.3 is 0 Å². The maximum atomic E-state index is 13.2. The first-order valence-electron chi connectivity index (χ1n) is 11.0. The quantitative estimate of drug-likeness (QED) is 0.736. The smallest absolute Gasteiger partial charge is 0.226 e. The molecule has 0 unspecified atom stereocenters. The Kier molecular flexibility index (Phi) is 6.23. The van der Waals surface area contributed by atoms with E-state index in [0.717, 1.165) is 42.9 Å². The summed E-state index contributed by atoms with van der Waals surface area (Å²) in [6.07, 6.45) is 9.64. The zero-order valence-electron chi connectivity index (χ0n) is 18.4. The number of hydrogen-bond acceptors (Lipinski definition) is 6. The first-order valence-corrected chi connectivity index (χ1v) is 11.0. The second-order valence-electron chi connectivity index (χ2n) is 8.77. The van der Waals surface area contributed by atoms with E-state index in [1.54, 1.807) is 11.1 Å². The summed E-state index contributed by atoms with van der Waals surface area (Å²) < 4.78 is 7.75. The minimum Gasteiger partial charge on any atom is -0.374 e. The van der Waals surface area contributed by atoms with E-state index in [1.165, 1.54) is 0 Å². The maximum absolute atomic E-state index is 13.2. The van der Waals surface area contributed by atoms with Crippen LogP contribution in [0.5, 0.6) is 0 Å². The predicted octanol–water partition coefficient (Wildman–Crippen LogP) is 2.71. The molecule has 0 aromatic carbocycles. The van der Waals surface area contributed by atoms with Crippen molar-refractivity contribution in [2.45, 2.75) is 58.3 Å². The van der Waals surface area contributed by atoms with Crippen LogP contribution in [-0.2, 0) is 9.53 Å². The summed E-state index contributed by atoms with van der Waals surface area (Å²) in [5, 5.41) is 14.0. The van der Waals surface area contributed by atoms with Crippen LogP contribution in [0.25, 0.3) is 5.69 Å². The van der Waals surface area contributed by atoms with Crippen LogP contribution in [0.4, 0.5) is 5.69 Å². The number of rotatable bonds is 5. The van der Waals surface area contributed by atoms with E-state index < -0.39 is 0 Å². The summed E-state index contributed by atoms with van der Waals surface area (Å²) in [6, 6.07) is 3.88. The van der Waals surface area contributed by atoms with Gasteiger partial charge in [-0.15, -0.1) is 0 Å². The molecule has 4 heterocycles. The summed E-state index contributed by atoms with van der Waals surface area (Å²) in [7, 11) is 0. The lowest BCUT2D eigenvalue weighted by atomic mass is 9.94. The zero-order chi connectivity index (χ0) is 22.0. The van der Waals surface area contributed by atoms with Gasteiger partial charge in [-0.2, -0.15) is 10.4 Å². The highest BCUT2D eigenvalue weighted by Crippen LogP contribution is 2.31. The van der Waals surface area contributed by atoms with E-state index in [2.05, 4.69) is 21.1 Å². The number of hydrogen-bond donors (Lipinski definition) is 0. The number of carbonyl (C=O) groups is 1. The highest BCUT2D eigenvalue weighted by atomic mass is 16.5. The Hall–Kier alpha value is -2.92. The molecule has 0 N–H and O–H groups in total. The molecule has 2 aromatic rings. The lowest BCUT2D eigenvalue weighted by Gasteiger charge is -2.35. The Morgan fingerprint density at radius 3 is 2.68 bits per heavy atom. The van der Waals surface area contributed by atoms with Crippen LogP contribution < -0.4 is 4.90 Å². The molecule has 2 aromatic heterocycles. The molecule has 2 atom stereocenters. The van der Waals surface area contributed by atoms with Crippen LogP contribution in [-0.4, -0.2) is 63.5 Å². The summed E-state index contributed by atoms with van der Waals surface area (Å²) in [5.41, 5.74) is 3.12. The normalized spacial score (nSPS) is 22.2. The number of piperidine rings is 1. The number of nitrogens with zero attached hydrogens (tertiary/aromatic N) is 6. The van der Waals surface area contributed by atoms with Crippen LogP contribution in [0.1, 0.15) is 38.7 Å². The number of pyridine rings is 1. The molecule has 0 saturated carbocycles. The summed E-state index contributed by atoms with van der Waals surface area (Å²) >= 11 is 0. The van der Waals surface area contributed by atoms with E-state index in [-0.39, 0.29) is 30.1 Å². The van der Waals surface area contributed by atoms with Crippen molar-refractivity contribution in [2.24, 2.45) is 5.92 Å². The fraction of sp³-hybridized carbons (Fsp3) is 0.565. The Labute approximate surface area is 183 Å². The first-order chi connectivity index (χ1) is 15.0. The van der Waals surface area contributed by atoms with Crippen LogP contribution in [0, 0.1) is 24.2 Å². The third-order valence-electron chi connectivity index (χ3n) is 6.08. The molecule has 31 heavy (non-hydrogen) atoms. The third-order valence-corrected chi connectivity index (χ3v) is 6.08. The Morgan fingerprint density at radius 2 is 2.03 bits per heavy atom. The average Bonchev–Trinajstić information content (AvgIpc) is 3.39. The summed E-state index contributed by atoms with van der Waals surface area (Å²) in [5.74, 6) is 0.0344. The molecule has 0 spiro atoms. The van der Waals surface area contributed by atoms with E-state index in [4.69, 9.17) is 4.74 Å². The van der Waals surface area contributed by atoms with Gasteiger partial charge < -0.3 is 14.5 Å². The number of likely N-dealkylation sites (tertiary alicyclic amines) is 1. The largest absolute Gasteiger partial charge is 0.374 e. The molecule has 8 heteroatoms. The van der Waals surface area contributed by atoms with Crippen molar-refractivity contribution in [3.63, 3.8) is 0 Å². The molecule has 2 aliphatic heterocycles. The van der Waals surface area contributed by atoms with Gasteiger partial charge in [0, 0.05) is 44.4 Å². The van der Waals surface area contributed by atoms with Crippen molar-refractivity contribution < 1.29 is 9.53 Å². The molecule has 0 radical (unpaired) electrons. The van der Waals surface area contributed by atoms with Crippen LogP contribution in [0.15, 0.2) is 30.9 Å². The van der Waals surface area contributed by atoms with Crippen molar-refractivity contribution in [3.05, 3.63) is 36.4 Å². The molecule has 1 amide bonds. The van der Waals surface area contributed by atoms with Crippen LogP contribution in [0.2, 0.25) is 0 Å². The van der Waals surface area contributed by atoms with E-state index >= 15 is 0 Å². The minimum atomic E-state index is -0.387. The van der Waals surface area contributed by atoms with E-state index in [1.807, 2.05) is 50.1 Å². The molecule has 164 valence electrons. The van der Waals surface area contributed by atoms with Crippen molar-refractivity contribution >= 4 is 11.6 Å². The average molecular weight is 423 g/mol. The number of aryl methyl sites for hydroxylation is 1. The van der Waals surface area contributed by atoms with Gasteiger partial charge in [0.05, 0.1) is 42.0 Å². The molecular formula is C23H30N6O2. The van der Waals surface area contributed by atoms with E-state index in [9.17, 15) is 10.1 Å². The van der Waals surface area contributed by atoms with Gasteiger partial charge in [-0.05, 0) is 45.2 Å². The molecular weight excluding hydrogens is 392 g/mol. The Balaban J connectivity index is 1.42. The van der Waals surface area contributed by atoms with Gasteiger partial charge in [0.15, 0.2) is 0 Å². The van der Waals surface area contributed by atoms with Gasteiger partial charge in [0.1, 0.15) is 6.04 Å². The van der Waals surface area contributed by atoms with Crippen molar-refractivity contribution in [1.29, 1.82) is 5.26 Å². The standard InChI is InChI=1S/C23H30N6O2/c1-16(2)31-20-10-19(11-24)28(15-20)23(30)18-5-8-27(9-6-18)22-13-25-7-4-21(22)29-14-17(3)12-26-29/h4,7,12-14,16,18-20H,5-6,8-10,15H2,1-3H3/t19-,20+/m1/s1. The van der Waals surface area contributed by atoms with Crippen LogP contribution >= 0.6 is 0 Å². The molecule has 8 nitrogen and oxygen atoms in total. The van der Waals surface area contributed by atoms with Crippen molar-refractivity contribution in [2.75, 3.05) is 24.5 Å². The number of nitriles is 1. The number of anilines is 1. The number of ether oxygens (including phenoxy) is 1. The lowest BCUT2D eigenvalue weighted by molar-refractivity contribution is -0.136. The van der Waals surface area contributed by atoms with Gasteiger partial charge in [0.2, 0.25) is 5.91 Å². The third kappa shape index (κ3) is 4.57. The second kappa shape index (κ2) is 9.06. The van der Waals surface area contributed by atoms with Gasteiger partial charge in [-0.1, -0.05) is 0 Å². The fourth-order valence-electron chi connectivity index (χ4n) is 4.61. The first kappa shape index (κ1) is 21.3. The molecule has 2 saturated heterocycles. The molecule has 0 bridgehead atoms. The predicted molar refractivity (Wildman–Crippen MR) is 117 cm³/mol. The number of carbonyl (C=O) groups excluding carboxylic acids is 1. The molecule has 4 rings (SSSR count). The summed E-state index contributed by atoms with van der Waals surface area (Å²) in [6.45, 7) is 8.04. The molecule has 2 fully saturated rings. The van der Waals surface area contributed by atoms with Crippen LogP contribution in [0.3, 0.4) is 0 Å².